The zero-order valence-corrected chi connectivity index (χ0v) is 11.7. The maximum atomic E-state index is 10.6. The molecule has 0 unspecified atom stereocenters. The first-order valence-electron chi connectivity index (χ1n) is 6.91. The van der Waals surface area contributed by atoms with Crippen LogP contribution in [-0.4, -0.2) is 4.92 Å². The lowest BCUT2D eigenvalue weighted by Crippen LogP contribution is -2.38. The monoisotopic (exact) mass is 271 g/mol. The molecule has 0 saturated heterocycles. The molecule has 0 radical (unpaired) electrons. The van der Waals surface area contributed by atoms with E-state index in [0.717, 1.165) is 24.9 Å². The molecule has 0 fully saturated rings. The largest absolute Gasteiger partial charge is 0.269 e. The fourth-order valence-electron chi connectivity index (χ4n) is 2.16. The standard InChI is InChI=1S/C16H19N2O2/c1-2-3-11-17-12-5-4-6-16(17)13-14-7-9-15(10-8-14)18(19)20/h4-10,12H,2-3,11,13H2,1H3/q+1. The molecule has 0 N–H and O–H groups in total. The second-order valence-electron chi connectivity index (χ2n) is 4.84. The van der Waals surface area contributed by atoms with Crippen molar-refractivity contribution < 1.29 is 9.49 Å². The van der Waals surface area contributed by atoms with E-state index in [1.807, 2.05) is 24.3 Å². The van der Waals surface area contributed by atoms with E-state index in [2.05, 4.69) is 23.8 Å². The Morgan fingerprint density at radius 3 is 2.55 bits per heavy atom. The van der Waals surface area contributed by atoms with Gasteiger partial charge in [0.05, 0.1) is 11.3 Å². The van der Waals surface area contributed by atoms with Gasteiger partial charge in [-0.05, 0) is 5.56 Å². The maximum absolute atomic E-state index is 10.6. The Balaban J connectivity index is 2.14. The van der Waals surface area contributed by atoms with E-state index in [9.17, 15) is 10.1 Å². The number of hydrogen-bond acceptors (Lipinski definition) is 2. The van der Waals surface area contributed by atoms with E-state index in [-0.39, 0.29) is 10.6 Å². The first-order valence-corrected chi connectivity index (χ1v) is 6.91. The first kappa shape index (κ1) is 14.2. The SMILES string of the molecule is CCCC[n+]1ccccc1Cc1ccc([N+](=O)[O-])cc1. The number of nitrogens with zero attached hydrogens (tertiary/aromatic N) is 2. The van der Waals surface area contributed by atoms with Crippen LogP contribution in [0.5, 0.6) is 0 Å². The van der Waals surface area contributed by atoms with E-state index >= 15 is 0 Å². The molecule has 2 aromatic rings. The van der Waals surface area contributed by atoms with Crippen LogP contribution in [0.1, 0.15) is 31.0 Å². The molecule has 1 aromatic carbocycles. The van der Waals surface area contributed by atoms with E-state index in [1.165, 1.54) is 12.1 Å². The fourth-order valence-corrected chi connectivity index (χ4v) is 2.16. The third-order valence-electron chi connectivity index (χ3n) is 3.32. The van der Waals surface area contributed by atoms with Crippen LogP contribution in [0, 0.1) is 10.1 Å². The van der Waals surface area contributed by atoms with Gasteiger partial charge in [0.2, 0.25) is 0 Å². The smallest absolute Gasteiger partial charge is 0.258 e. The summed E-state index contributed by atoms with van der Waals surface area (Å²) < 4.78 is 2.25. The molecular formula is C16H19N2O2+. The minimum atomic E-state index is -0.367. The number of nitro benzene ring substituents is 1. The Morgan fingerprint density at radius 2 is 1.90 bits per heavy atom. The second-order valence-corrected chi connectivity index (χ2v) is 4.84. The molecule has 1 aromatic heterocycles. The first-order chi connectivity index (χ1) is 9.70. The van der Waals surface area contributed by atoms with E-state index in [4.69, 9.17) is 0 Å². The lowest BCUT2D eigenvalue weighted by molar-refractivity contribution is -0.704. The summed E-state index contributed by atoms with van der Waals surface area (Å²) in [6, 6.07) is 13.0. The molecule has 0 bridgehead atoms. The van der Waals surface area contributed by atoms with Crippen molar-refractivity contribution in [1.82, 2.24) is 0 Å². The molecule has 1 heterocycles. The molecule has 0 aliphatic heterocycles. The highest BCUT2D eigenvalue weighted by molar-refractivity contribution is 5.34. The van der Waals surface area contributed by atoms with Crippen LogP contribution in [0.3, 0.4) is 0 Å². The van der Waals surface area contributed by atoms with E-state index < -0.39 is 0 Å². The van der Waals surface area contributed by atoms with Crippen molar-refractivity contribution >= 4 is 5.69 Å². The van der Waals surface area contributed by atoms with Crippen molar-refractivity contribution in [3.8, 4) is 0 Å². The summed E-state index contributed by atoms with van der Waals surface area (Å²) in [5.41, 5.74) is 2.46. The van der Waals surface area contributed by atoms with Crippen LogP contribution in [0.15, 0.2) is 48.7 Å². The number of hydrogen-bond donors (Lipinski definition) is 0. The maximum Gasteiger partial charge on any atom is 0.269 e. The lowest BCUT2D eigenvalue weighted by Gasteiger charge is -2.03. The predicted octanol–water partition coefficient (Wildman–Crippen LogP) is 3.27. The van der Waals surface area contributed by atoms with Gasteiger partial charge in [-0.3, -0.25) is 10.1 Å². The van der Waals surface area contributed by atoms with Crippen molar-refractivity contribution in [3.63, 3.8) is 0 Å². The molecule has 0 saturated carbocycles. The van der Waals surface area contributed by atoms with Gasteiger partial charge in [0.15, 0.2) is 11.9 Å². The Labute approximate surface area is 118 Å². The predicted molar refractivity (Wildman–Crippen MR) is 77.4 cm³/mol. The van der Waals surface area contributed by atoms with Gasteiger partial charge in [-0.25, -0.2) is 4.57 Å². The number of unbranched alkanes of at least 4 members (excludes halogenated alkanes) is 1. The number of aromatic nitrogens is 1. The molecule has 0 aliphatic rings. The topological polar surface area (TPSA) is 47.0 Å². The molecule has 0 aliphatic carbocycles. The minimum absolute atomic E-state index is 0.140. The van der Waals surface area contributed by atoms with Crippen molar-refractivity contribution in [2.24, 2.45) is 0 Å². The van der Waals surface area contributed by atoms with Gasteiger partial charge in [0.25, 0.3) is 5.69 Å². The third-order valence-corrected chi connectivity index (χ3v) is 3.32. The van der Waals surface area contributed by atoms with Gasteiger partial charge in [-0.2, -0.15) is 0 Å². The van der Waals surface area contributed by atoms with Gasteiger partial charge in [0.1, 0.15) is 6.54 Å². The number of rotatable bonds is 6. The van der Waals surface area contributed by atoms with E-state index in [0.29, 0.717) is 0 Å². The zero-order valence-electron chi connectivity index (χ0n) is 11.7. The molecule has 0 amide bonds. The molecule has 104 valence electrons. The minimum Gasteiger partial charge on any atom is -0.258 e. The van der Waals surface area contributed by atoms with E-state index in [1.54, 1.807) is 12.1 Å². The van der Waals surface area contributed by atoms with Gasteiger partial charge in [0, 0.05) is 30.7 Å². The molecule has 4 heteroatoms. The highest BCUT2D eigenvalue weighted by atomic mass is 16.6. The Morgan fingerprint density at radius 1 is 1.15 bits per heavy atom. The van der Waals surface area contributed by atoms with Crippen LogP contribution in [0.25, 0.3) is 0 Å². The van der Waals surface area contributed by atoms with Crippen LogP contribution in [-0.2, 0) is 13.0 Å². The molecule has 2 rings (SSSR count). The van der Waals surface area contributed by atoms with Crippen molar-refractivity contribution in [1.29, 1.82) is 0 Å². The Kier molecular flexibility index (Phi) is 4.82. The summed E-state index contributed by atoms with van der Waals surface area (Å²) in [5, 5.41) is 10.6. The van der Waals surface area contributed by atoms with Gasteiger partial charge < -0.3 is 0 Å². The Bertz CT molecular complexity index is 579. The molecular weight excluding hydrogens is 252 g/mol. The highest BCUT2D eigenvalue weighted by Gasteiger charge is 2.11. The molecule has 4 nitrogen and oxygen atoms in total. The summed E-state index contributed by atoms with van der Waals surface area (Å²) in [6.07, 6.45) is 5.21. The fraction of sp³-hybridized carbons (Fsp3) is 0.312. The quantitative estimate of drug-likeness (QED) is 0.460. The molecule has 0 atom stereocenters. The van der Waals surface area contributed by atoms with Crippen LogP contribution >= 0.6 is 0 Å². The summed E-state index contributed by atoms with van der Waals surface area (Å²) in [7, 11) is 0. The van der Waals surface area contributed by atoms with Crippen molar-refractivity contribution in [2.75, 3.05) is 0 Å². The van der Waals surface area contributed by atoms with Crippen molar-refractivity contribution in [3.05, 3.63) is 70.0 Å². The van der Waals surface area contributed by atoms with Crippen LogP contribution in [0.2, 0.25) is 0 Å². The highest BCUT2D eigenvalue weighted by Crippen LogP contribution is 2.14. The Hall–Kier alpha value is -2.23. The summed E-state index contributed by atoms with van der Waals surface area (Å²) in [5.74, 6) is 0. The van der Waals surface area contributed by atoms with Gasteiger partial charge in [-0.1, -0.05) is 31.5 Å². The number of non-ortho nitro benzene ring substituents is 1. The number of nitro groups is 1. The van der Waals surface area contributed by atoms with Gasteiger partial charge in [-0.15, -0.1) is 0 Å². The average Bonchev–Trinajstić information content (AvgIpc) is 2.47. The number of aryl methyl sites for hydroxylation is 1. The molecule has 0 spiro atoms. The third kappa shape index (κ3) is 3.63. The second kappa shape index (κ2) is 6.80. The van der Waals surface area contributed by atoms with Crippen LogP contribution < -0.4 is 4.57 Å². The normalized spacial score (nSPS) is 10.4. The van der Waals surface area contributed by atoms with Crippen molar-refractivity contribution in [2.45, 2.75) is 32.7 Å². The zero-order chi connectivity index (χ0) is 14.4. The summed E-state index contributed by atoms with van der Waals surface area (Å²) >= 11 is 0. The number of pyridine rings is 1. The summed E-state index contributed by atoms with van der Waals surface area (Å²) in [6.45, 7) is 3.19. The molecule has 20 heavy (non-hydrogen) atoms. The van der Waals surface area contributed by atoms with Gasteiger partial charge >= 0.3 is 0 Å². The summed E-state index contributed by atoms with van der Waals surface area (Å²) in [4.78, 5) is 10.3. The average molecular weight is 271 g/mol. The van der Waals surface area contributed by atoms with Crippen LogP contribution in [0.4, 0.5) is 5.69 Å². The lowest BCUT2D eigenvalue weighted by atomic mass is 10.1. The number of benzene rings is 1.